The smallest absolute Gasteiger partial charge is 0.226 e. The molecule has 0 unspecified atom stereocenters. The molecule has 2 aromatic heterocycles. The molecule has 156 valence electrons. The molecule has 0 spiro atoms. The van der Waals surface area contributed by atoms with Gasteiger partial charge in [0.2, 0.25) is 5.95 Å². The van der Waals surface area contributed by atoms with Crippen LogP contribution in [0.3, 0.4) is 0 Å². The van der Waals surface area contributed by atoms with Crippen LogP contribution < -0.4 is 9.64 Å². The molecule has 31 heavy (non-hydrogen) atoms. The van der Waals surface area contributed by atoms with E-state index in [2.05, 4.69) is 38.1 Å². The van der Waals surface area contributed by atoms with Crippen molar-refractivity contribution in [1.29, 1.82) is 0 Å². The van der Waals surface area contributed by atoms with E-state index < -0.39 is 0 Å². The molecular formula is C24H21ClN4O2. The Labute approximate surface area is 184 Å². The van der Waals surface area contributed by atoms with E-state index in [1.165, 1.54) is 10.9 Å². The van der Waals surface area contributed by atoms with E-state index in [1.807, 2.05) is 30.3 Å². The predicted molar refractivity (Wildman–Crippen MR) is 120 cm³/mol. The van der Waals surface area contributed by atoms with Gasteiger partial charge in [0.25, 0.3) is 0 Å². The van der Waals surface area contributed by atoms with Gasteiger partial charge in [0, 0.05) is 40.6 Å². The highest BCUT2D eigenvalue weighted by Crippen LogP contribution is 2.40. The lowest BCUT2D eigenvalue weighted by Crippen LogP contribution is -2.37. The molecule has 7 heteroatoms. The average molecular weight is 433 g/mol. The Hall–Kier alpha value is -3.09. The molecule has 4 aromatic rings. The van der Waals surface area contributed by atoms with E-state index in [0.717, 1.165) is 53.1 Å². The highest BCUT2D eigenvalue weighted by Gasteiger charge is 2.33. The lowest BCUT2D eigenvalue weighted by Gasteiger charge is -2.36. The van der Waals surface area contributed by atoms with Gasteiger partial charge in [-0.3, -0.25) is 0 Å². The molecule has 0 saturated carbocycles. The maximum Gasteiger partial charge on any atom is 0.226 e. The molecule has 1 fully saturated rings. The van der Waals surface area contributed by atoms with Gasteiger partial charge < -0.3 is 19.4 Å². The quantitative estimate of drug-likeness (QED) is 0.469. The Morgan fingerprint density at radius 3 is 2.71 bits per heavy atom. The molecule has 2 aromatic carbocycles. The van der Waals surface area contributed by atoms with Crippen LogP contribution in [0.15, 0.2) is 60.9 Å². The topological polar surface area (TPSA) is 66.6 Å². The summed E-state index contributed by atoms with van der Waals surface area (Å²) in [6.07, 6.45) is 4.71. The minimum atomic E-state index is -0.0295. The SMILES string of the molecule is Clc1ccc2[nH]c3c(c2c1)CCN(c1ncccn1)[C@H]3c1ccc(OC[C@@H]2CO2)cc1. The fourth-order valence-corrected chi connectivity index (χ4v) is 4.53. The highest BCUT2D eigenvalue weighted by molar-refractivity contribution is 6.31. The number of aromatic amines is 1. The number of H-pyrrole nitrogens is 1. The number of ether oxygens (including phenoxy) is 2. The number of fused-ring (bicyclic) bond motifs is 3. The van der Waals surface area contributed by atoms with E-state index in [0.29, 0.717) is 6.61 Å². The summed E-state index contributed by atoms with van der Waals surface area (Å²) < 4.78 is 11.1. The van der Waals surface area contributed by atoms with Crippen molar-refractivity contribution in [3.63, 3.8) is 0 Å². The maximum absolute atomic E-state index is 6.30. The second kappa shape index (κ2) is 7.55. The van der Waals surface area contributed by atoms with E-state index in [9.17, 15) is 0 Å². The van der Waals surface area contributed by atoms with Gasteiger partial charge in [0.15, 0.2) is 0 Å². The maximum atomic E-state index is 6.30. The van der Waals surface area contributed by atoms with E-state index in [1.54, 1.807) is 12.4 Å². The van der Waals surface area contributed by atoms with Crippen molar-refractivity contribution >= 4 is 28.5 Å². The molecule has 2 aliphatic heterocycles. The van der Waals surface area contributed by atoms with Crippen LogP contribution in [-0.2, 0) is 11.2 Å². The Balaban J connectivity index is 1.42. The first-order valence-electron chi connectivity index (χ1n) is 10.4. The number of aromatic nitrogens is 3. The molecular weight excluding hydrogens is 412 g/mol. The van der Waals surface area contributed by atoms with Crippen molar-refractivity contribution in [3.8, 4) is 5.75 Å². The molecule has 2 atom stereocenters. The lowest BCUT2D eigenvalue weighted by atomic mass is 9.92. The first-order valence-corrected chi connectivity index (χ1v) is 10.8. The third-order valence-electron chi connectivity index (χ3n) is 5.93. The van der Waals surface area contributed by atoms with Gasteiger partial charge in [0.1, 0.15) is 18.5 Å². The molecule has 0 aliphatic carbocycles. The number of benzene rings is 2. The largest absolute Gasteiger partial charge is 0.491 e. The Morgan fingerprint density at radius 2 is 1.94 bits per heavy atom. The number of rotatable bonds is 5. The van der Waals surface area contributed by atoms with Crippen molar-refractivity contribution in [2.75, 3.05) is 24.7 Å². The van der Waals surface area contributed by atoms with Crippen molar-refractivity contribution < 1.29 is 9.47 Å². The van der Waals surface area contributed by atoms with Crippen LogP contribution in [-0.4, -0.2) is 40.8 Å². The normalized spacial score (nSPS) is 20.0. The molecule has 0 amide bonds. The summed E-state index contributed by atoms with van der Waals surface area (Å²) in [6.45, 7) is 2.21. The number of epoxide rings is 1. The zero-order valence-corrected chi connectivity index (χ0v) is 17.5. The van der Waals surface area contributed by atoms with Gasteiger partial charge in [-0.1, -0.05) is 23.7 Å². The van der Waals surface area contributed by atoms with E-state index in [4.69, 9.17) is 21.1 Å². The van der Waals surface area contributed by atoms with Crippen LogP contribution in [0, 0.1) is 0 Å². The fourth-order valence-electron chi connectivity index (χ4n) is 4.36. The molecule has 1 N–H and O–H groups in total. The van der Waals surface area contributed by atoms with Crippen molar-refractivity contribution in [1.82, 2.24) is 15.0 Å². The Bertz CT molecular complexity index is 1220. The van der Waals surface area contributed by atoms with Crippen molar-refractivity contribution in [3.05, 3.63) is 82.8 Å². The average Bonchev–Trinajstić information content (AvgIpc) is 3.57. The number of nitrogens with zero attached hydrogens (tertiary/aromatic N) is 3. The summed E-state index contributed by atoms with van der Waals surface area (Å²) in [5.74, 6) is 1.57. The highest BCUT2D eigenvalue weighted by atomic mass is 35.5. The van der Waals surface area contributed by atoms with E-state index in [-0.39, 0.29) is 12.1 Å². The summed E-state index contributed by atoms with van der Waals surface area (Å²) in [6, 6.07) is 16.1. The van der Waals surface area contributed by atoms with Gasteiger partial charge >= 0.3 is 0 Å². The summed E-state index contributed by atoms with van der Waals surface area (Å²) >= 11 is 6.30. The van der Waals surface area contributed by atoms with Gasteiger partial charge in [0.05, 0.1) is 12.6 Å². The monoisotopic (exact) mass is 432 g/mol. The molecule has 6 rings (SSSR count). The standard InChI is InChI=1S/C24H21ClN4O2/c25-16-4-7-21-20(12-16)19-8-11-29(24-26-9-1-10-27-24)23(22(19)28-21)15-2-5-17(6-3-15)30-13-18-14-31-18/h1-7,9-10,12,18,23,28H,8,11,13-14H2/t18-,23+/m1/s1. The minimum Gasteiger partial charge on any atom is -0.491 e. The number of hydrogen-bond acceptors (Lipinski definition) is 5. The van der Waals surface area contributed by atoms with Gasteiger partial charge in [-0.05, 0) is 53.9 Å². The molecule has 0 bridgehead atoms. The third-order valence-corrected chi connectivity index (χ3v) is 6.17. The first-order chi connectivity index (χ1) is 15.3. The summed E-state index contributed by atoms with van der Waals surface area (Å²) in [7, 11) is 0. The van der Waals surface area contributed by atoms with Gasteiger partial charge in [-0.25, -0.2) is 9.97 Å². The molecule has 2 aliphatic rings. The predicted octanol–water partition coefficient (Wildman–Crippen LogP) is 4.54. The molecule has 4 heterocycles. The van der Waals surface area contributed by atoms with Crippen LogP contribution in [0.4, 0.5) is 5.95 Å². The minimum absolute atomic E-state index is 0.0295. The van der Waals surface area contributed by atoms with Crippen LogP contribution >= 0.6 is 11.6 Å². The third kappa shape index (κ3) is 3.52. The van der Waals surface area contributed by atoms with Gasteiger partial charge in [-0.15, -0.1) is 0 Å². The second-order valence-corrected chi connectivity index (χ2v) is 8.37. The zero-order valence-electron chi connectivity index (χ0n) is 16.8. The molecule has 0 radical (unpaired) electrons. The number of hydrogen-bond donors (Lipinski definition) is 1. The van der Waals surface area contributed by atoms with Crippen LogP contribution in [0.2, 0.25) is 5.02 Å². The number of anilines is 1. The molecule has 1 saturated heterocycles. The fraction of sp³-hybridized carbons (Fsp3) is 0.250. The first kappa shape index (κ1) is 18.7. The van der Waals surface area contributed by atoms with Crippen molar-refractivity contribution in [2.45, 2.75) is 18.6 Å². The summed E-state index contributed by atoms with van der Waals surface area (Å²) in [5.41, 5.74) is 4.72. The van der Waals surface area contributed by atoms with Crippen LogP contribution in [0.1, 0.15) is 22.9 Å². The van der Waals surface area contributed by atoms with Crippen molar-refractivity contribution in [2.24, 2.45) is 0 Å². The Kier molecular flexibility index (Phi) is 4.55. The second-order valence-electron chi connectivity index (χ2n) is 7.94. The summed E-state index contributed by atoms with van der Waals surface area (Å²) in [5, 5.41) is 1.94. The number of nitrogens with one attached hydrogen (secondary N) is 1. The summed E-state index contributed by atoms with van der Waals surface area (Å²) in [4.78, 5) is 15.0. The van der Waals surface area contributed by atoms with E-state index >= 15 is 0 Å². The Morgan fingerprint density at radius 1 is 1.13 bits per heavy atom. The van der Waals surface area contributed by atoms with Crippen LogP contribution in [0.5, 0.6) is 5.75 Å². The lowest BCUT2D eigenvalue weighted by molar-refractivity contribution is 0.263. The molecule has 6 nitrogen and oxygen atoms in total. The zero-order chi connectivity index (χ0) is 20.8. The van der Waals surface area contributed by atoms with Crippen LogP contribution in [0.25, 0.3) is 10.9 Å². The number of halogens is 1. The van der Waals surface area contributed by atoms with Gasteiger partial charge in [-0.2, -0.15) is 0 Å².